The van der Waals surface area contributed by atoms with Gasteiger partial charge in [0.05, 0.1) is 24.9 Å². The van der Waals surface area contributed by atoms with Crippen LogP contribution >= 0.6 is 12.2 Å². The van der Waals surface area contributed by atoms with Crippen LogP contribution in [0.4, 0.5) is 5.69 Å². The van der Waals surface area contributed by atoms with Crippen LogP contribution in [0.1, 0.15) is 45.9 Å². The summed E-state index contributed by atoms with van der Waals surface area (Å²) in [5, 5.41) is 4.25. The summed E-state index contributed by atoms with van der Waals surface area (Å²) in [6.45, 7) is 8.68. The number of aryl methyl sites for hydroxylation is 3. The predicted octanol–water partition coefficient (Wildman–Crippen LogP) is 6.29. The second-order valence-electron chi connectivity index (χ2n) is 9.15. The zero-order valence-electron chi connectivity index (χ0n) is 20.7. The molecule has 1 aliphatic rings. The van der Waals surface area contributed by atoms with Gasteiger partial charge in [0.2, 0.25) is 0 Å². The number of thiocarbonyl (C=S) groups is 1. The first-order valence-corrected chi connectivity index (χ1v) is 12.2. The number of rotatable bonds is 5. The number of ether oxygens (including phenoxy) is 1. The number of methoxy groups -OCH3 is 1. The SMILES string of the molecule is COc1ccc(N2C(=S)N[C@H](c3ccccn3)[C@H]2c2cc(C)n(-c3cc(C)ccc3C)c2C)cc1. The second-order valence-corrected chi connectivity index (χ2v) is 9.53. The molecule has 5 rings (SSSR count). The van der Waals surface area contributed by atoms with E-state index in [0.29, 0.717) is 5.11 Å². The Hall–Kier alpha value is -3.64. The van der Waals surface area contributed by atoms with Gasteiger partial charge in [0.15, 0.2) is 5.11 Å². The molecule has 1 N–H and O–H groups in total. The molecule has 178 valence electrons. The van der Waals surface area contributed by atoms with Gasteiger partial charge in [-0.15, -0.1) is 0 Å². The van der Waals surface area contributed by atoms with Crippen molar-refractivity contribution >= 4 is 23.0 Å². The lowest BCUT2D eigenvalue weighted by atomic mass is 9.96. The van der Waals surface area contributed by atoms with Crippen molar-refractivity contribution in [1.82, 2.24) is 14.9 Å². The Bertz CT molecular complexity index is 1380. The van der Waals surface area contributed by atoms with Gasteiger partial charge in [-0.05, 0) is 105 Å². The Balaban J connectivity index is 1.68. The van der Waals surface area contributed by atoms with Crippen molar-refractivity contribution in [1.29, 1.82) is 0 Å². The third kappa shape index (κ3) is 4.08. The molecule has 1 aliphatic heterocycles. The summed E-state index contributed by atoms with van der Waals surface area (Å²) in [4.78, 5) is 6.91. The normalized spacial score (nSPS) is 17.5. The van der Waals surface area contributed by atoms with Gasteiger partial charge in [0.1, 0.15) is 5.75 Å². The van der Waals surface area contributed by atoms with Crippen molar-refractivity contribution in [2.45, 2.75) is 39.8 Å². The first-order valence-electron chi connectivity index (χ1n) is 11.8. The van der Waals surface area contributed by atoms with E-state index >= 15 is 0 Å². The smallest absolute Gasteiger partial charge is 0.174 e. The fourth-order valence-corrected chi connectivity index (χ4v) is 5.46. The summed E-state index contributed by atoms with van der Waals surface area (Å²) in [6.07, 6.45) is 1.84. The van der Waals surface area contributed by atoms with E-state index in [0.717, 1.165) is 17.1 Å². The molecule has 35 heavy (non-hydrogen) atoms. The Kier molecular flexibility index (Phi) is 6.07. The van der Waals surface area contributed by atoms with Gasteiger partial charge in [-0.25, -0.2) is 0 Å². The molecular formula is C29H30N4OS. The lowest BCUT2D eigenvalue weighted by molar-refractivity contribution is 0.415. The van der Waals surface area contributed by atoms with Gasteiger partial charge >= 0.3 is 0 Å². The number of hydrogen-bond donors (Lipinski definition) is 1. The Morgan fingerprint density at radius 3 is 2.40 bits per heavy atom. The number of nitrogens with one attached hydrogen (secondary N) is 1. The van der Waals surface area contributed by atoms with E-state index in [1.165, 1.54) is 33.8 Å². The number of nitrogens with zero attached hydrogens (tertiary/aromatic N) is 3. The average molecular weight is 483 g/mol. The zero-order chi connectivity index (χ0) is 24.7. The predicted molar refractivity (Wildman–Crippen MR) is 146 cm³/mol. The van der Waals surface area contributed by atoms with Crippen LogP contribution < -0.4 is 15.0 Å². The van der Waals surface area contributed by atoms with Crippen LogP contribution in [0.3, 0.4) is 0 Å². The summed E-state index contributed by atoms with van der Waals surface area (Å²) < 4.78 is 7.75. The van der Waals surface area contributed by atoms with E-state index in [-0.39, 0.29) is 12.1 Å². The van der Waals surface area contributed by atoms with E-state index in [1.807, 2.05) is 30.5 Å². The number of pyridine rings is 1. The van der Waals surface area contributed by atoms with Gasteiger partial charge in [-0.2, -0.15) is 0 Å². The molecule has 2 atom stereocenters. The molecule has 0 radical (unpaired) electrons. The molecule has 0 unspecified atom stereocenters. The minimum absolute atomic E-state index is 0.0594. The van der Waals surface area contributed by atoms with E-state index in [9.17, 15) is 0 Å². The fraction of sp³-hybridized carbons (Fsp3) is 0.241. The monoisotopic (exact) mass is 482 g/mol. The molecule has 0 aliphatic carbocycles. The minimum Gasteiger partial charge on any atom is -0.497 e. The molecule has 4 aromatic rings. The van der Waals surface area contributed by atoms with E-state index in [4.69, 9.17) is 21.9 Å². The summed E-state index contributed by atoms with van der Waals surface area (Å²) in [7, 11) is 1.68. The van der Waals surface area contributed by atoms with E-state index in [1.54, 1.807) is 7.11 Å². The van der Waals surface area contributed by atoms with Crippen molar-refractivity contribution in [3.63, 3.8) is 0 Å². The van der Waals surface area contributed by atoms with Crippen LogP contribution in [-0.2, 0) is 0 Å². The molecule has 2 aromatic heterocycles. The molecule has 0 spiro atoms. The van der Waals surface area contributed by atoms with Gasteiger partial charge in [-0.1, -0.05) is 18.2 Å². The van der Waals surface area contributed by atoms with Crippen LogP contribution in [0.5, 0.6) is 5.75 Å². The van der Waals surface area contributed by atoms with Gasteiger partial charge in [0.25, 0.3) is 0 Å². The van der Waals surface area contributed by atoms with Crippen LogP contribution in [0.15, 0.2) is 72.9 Å². The first kappa shape index (κ1) is 23.1. The maximum Gasteiger partial charge on any atom is 0.174 e. The Morgan fingerprint density at radius 1 is 0.943 bits per heavy atom. The Morgan fingerprint density at radius 2 is 1.71 bits per heavy atom. The Labute approximate surface area is 212 Å². The summed E-state index contributed by atoms with van der Waals surface area (Å²) >= 11 is 5.90. The highest BCUT2D eigenvalue weighted by Crippen LogP contribution is 2.44. The molecule has 1 saturated heterocycles. The standard InChI is InChI=1S/C29H30N4OS/c1-18-9-10-19(2)26(16-18)32-20(3)17-24(21(32)4)28-27(25-8-6-7-15-30-25)31-29(35)33(28)22-11-13-23(34-5)14-12-22/h6-17,27-28H,1-5H3,(H,31,35)/t27-,28-/m1/s1. The first-order chi connectivity index (χ1) is 16.9. The maximum atomic E-state index is 5.90. The summed E-state index contributed by atoms with van der Waals surface area (Å²) in [5.41, 5.74) is 9.31. The second kappa shape index (κ2) is 9.19. The molecule has 2 aromatic carbocycles. The average Bonchev–Trinajstić information content (AvgIpc) is 3.36. The fourth-order valence-electron chi connectivity index (χ4n) is 5.11. The number of hydrogen-bond acceptors (Lipinski definition) is 3. The topological polar surface area (TPSA) is 42.3 Å². The molecule has 1 fully saturated rings. The number of aromatic nitrogens is 2. The number of benzene rings is 2. The molecule has 0 saturated carbocycles. The zero-order valence-corrected chi connectivity index (χ0v) is 21.6. The highest BCUT2D eigenvalue weighted by atomic mass is 32.1. The van der Waals surface area contributed by atoms with Crippen molar-refractivity contribution in [3.05, 3.63) is 107 Å². The quantitative estimate of drug-likeness (QED) is 0.339. The molecule has 0 bridgehead atoms. The molecule has 5 nitrogen and oxygen atoms in total. The molecule has 0 amide bonds. The van der Waals surface area contributed by atoms with Crippen LogP contribution in [0, 0.1) is 27.7 Å². The van der Waals surface area contributed by atoms with Crippen LogP contribution in [0.2, 0.25) is 0 Å². The van der Waals surface area contributed by atoms with Crippen molar-refractivity contribution in [2.75, 3.05) is 12.0 Å². The van der Waals surface area contributed by atoms with Crippen molar-refractivity contribution in [2.24, 2.45) is 0 Å². The van der Waals surface area contributed by atoms with Crippen LogP contribution in [-0.4, -0.2) is 21.8 Å². The summed E-state index contributed by atoms with van der Waals surface area (Å²) in [6, 6.07) is 22.9. The van der Waals surface area contributed by atoms with E-state index < -0.39 is 0 Å². The third-order valence-corrected chi connectivity index (χ3v) is 7.16. The van der Waals surface area contributed by atoms with E-state index in [2.05, 4.69) is 84.9 Å². The van der Waals surface area contributed by atoms with Gasteiger partial charge < -0.3 is 19.5 Å². The third-order valence-electron chi connectivity index (χ3n) is 6.84. The van der Waals surface area contributed by atoms with Crippen molar-refractivity contribution < 1.29 is 4.74 Å². The maximum absolute atomic E-state index is 5.90. The molecule has 3 heterocycles. The lowest BCUT2D eigenvalue weighted by Crippen LogP contribution is -2.29. The lowest BCUT2D eigenvalue weighted by Gasteiger charge is -2.28. The largest absolute Gasteiger partial charge is 0.497 e. The van der Waals surface area contributed by atoms with Gasteiger partial charge in [0, 0.05) is 29.0 Å². The summed E-state index contributed by atoms with van der Waals surface area (Å²) in [5.74, 6) is 0.817. The number of anilines is 1. The van der Waals surface area contributed by atoms with Gasteiger partial charge in [-0.3, -0.25) is 4.98 Å². The minimum atomic E-state index is -0.0849. The van der Waals surface area contributed by atoms with Crippen molar-refractivity contribution in [3.8, 4) is 11.4 Å². The highest BCUT2D eigenvalue weighted by molar-refractivity contribution is 7.80. The van der Waals surface area contributed by atoms with Crippen LogP contribution in [0.25, 0.3) is 5.69 Å². The highest BCUT2D eigenvalue weighted by Gasteiger charge is 2.42. The molecular weight excluding hydrogens is 452 g/mol. The molecule has 6 heteroatoms.